The lowest BCUT2D eigenvalue weighted by Crippen LogP contribution is -2.34. The molecule has 1 amide bonds. The van der Waals surface area contributed by atoms with E-state index in [0.29, 0.717) is 11.4 Å². The number of aryl methyl sites for hydroxylation is 1. The summed E-state index contributed by atoms with van der Waals surface area (Å²) in [5.41, 5.74) is 1.70. The Labute approximate surface area is 132 Å². The number of nitrogens with one attached hydrogen (secondary N) is 2. The van der Waals surface area contributed by atoms with Crippen LogP contribution in [0.5, 0.6) is 0 Å². The van der Waals surface area contributed by atoms with Crippen LogP contribution in [-0.2, 0) is 0 Å². The molecule has 0 saturated heterocycles. The maximum Gasteiger partial charge on any atom is 0.293 e. The molecule has 0 aliphatic heterocycles. The summed E-state index contributed by atoms with van der Waals surface area (Å²) in [6.07, 6.45) is 1.67. The Kier molecular flexibility index (Phi) is 3.84. The molecule has 2 N–H and O–H groups in total. The summed E-state index contributed by atoms with van der Waals surface area (Å²) in [6, 6.07) is 12.8. The Morgan fingerprint density at radius 2 is 2.05 bits per heavy atom. The number of fused-ring (bicyclic) bond motifs is 1. The van der Waals surface area contributed by atoms with Gasteiger partial charge in [-0.1, -0.05) is 18.2 Å². The Morgan fingerprint density at radius 1 is 1.23 bits per heavy atom. The fourth-order valence-electron chi connectivity index (χ4n) is 2.01. The second kappa shape index (κ2) is 5.95. The van der Waals surface area contributed by atoms with Crippen molar-refractivity contribution in [3.63, 3.8) is 0 Å². The quantitative estimate of drug-likeness (QED) is 0.711. The molecule has 0 bridgehead atoms. The first-order valence-electron chi connectivity index (χ1n) is 6.65. The number of thiocarbonyl (C=S) groups is 1. The van der Waals surface area contributed by atoms with E-state index in [4.69, 9.17) is 16.6 Å². The van der Waals surface area contributed by atoms with Gasteiger partial charge in [0, 0.05) is 11.6 Å². The molecule has 2 heterocycles. The number of hydrogen-bond acceptors (Lipinski definition) is 4. The number of rotatable bonds is 2. The predicted octanol–water partition coefficient (Wildman–Crippen LogP) is 3.26. The molecule has 0 saturated carbocycles. The number of amides is 1. The summed E-state index contributed by atoms with van der Waals surface area (Å²) in [7, 11) is 0. The summed E-state index contributed by atoms with van der Waals surface area (Å²) >= 11 is 5.11. The fourth-order valence-corrected chi connectivity index (χ4v) is 2.21. The van der Waals surface area contributed by atoms with Crippen LogP contribution in [0, 0.1) is 6.92 Å². The zero-order valence-electron chi connectivity index (χ0n) is 11.8. The number of carbonyl (C=O) groups is 1. The first-order valence-corrected chi connectivity index (χ1v) is 7.06. The molecule has 0 radical (unpaired) electrons. The summed E-state index contributed by atoms with van der Waals surface area (Å²) in [4.78, 5) is 16.3. The number of anilines is 1. The second-order valence-electron chi connectivity index (χ2n) is 4.78. The van der Waals surface area contributed by atoms with Gasteiger partial charge in [0.15, 0.2) is 10.9 Å². The van der Waals surface area contributed by atoms with Crippen LogP contribution in [0.4, 0.5) is 5.82 Å². The van der Waals surface area contributed by atoms with Gasteiger partial charge >= 0.3 is 0 Å². The molecule has 3 rings (SSSR count). The van der Waals surface area contributed by atoms with Crippen LogP contribution in [0.15, 0.2) is 53.1 Å². The van der Waals surface area contributed by atoms with Crippen molar-refractivity contribution >= 4 is 40.0 Å². The van der Waals surface area contributed by atoms with Gasteiger partial charge in [0.2, 0.25) is 0 Å². The zero-order valence-corrected chi connectivity index (χ0v) is 12.6. The van der Waals surface area contributed by atoms with E-state index >= 15 is 0 Å². The van der Waals surface area contributed by atoms with E-state index in [1.807, 2.05) is 37.3 Å². The Bertz CT molecular complexity index is 824. The highest BCUT2D eigenvalue weighted by atomic mass is 32.1. The number of carbonyl (C=O) groups excluding carboxylic acids is 1. The van der Waals surface area contributed by atoms with Crippen LogP contribution >= 0.6 is 12.2 Å². The molecular formula is C16H13N3O2S. The molecule has 6 heteroatoms. The van der Waals surface area contributed by atoms with Gasteiger partial charge in [-0.2, -0.15) is 0 Å². The lowest BCUT2D eigenvalue weighted by molar-refractivity contribution is 0.0953. The van der Waals surface area contributed by atoms with Crippen LogP contribution in [0.1, 0.15) is 16.1 Å². The van der Waals surface area contributed by atoms with Gasteiger partial charge < -0.3 is 9.73 Å². The molecule has 0 unspecified atom stereocenters. The second-order valence-corrected chi connectivity index (χ2v) is 5.18. The minimum atomic E-state index is -0.402. The molecule has 0 aliphatic rings. The summed E-state index contributed by atoms with van der Waals surface area (Å²) in [5.74, 6) is 0.388. The van der Waals surface area contributed by atoms with E-state index in [1.165, 1.54) is 0 Å². The SMILES string of the molecule is Cc1ccnc(NC(=S)NC(=O)c2cc3ccccc3o2)c1. The highest BCUT2D eigenvalue weighted by Gasteiger charge is 2.13. The van der Waals surface area contributed by atoms with Gasteiger partial charge in [-0.15, -0.1) is 0 Å². The Balaban J connectivity index is 1.69. The van der Waals surface area contributed by atoms with Crippen molar-refractivity contribution in [3.05, 3.63) is 60.0 Å². The molecule has 0 fully saturated rings. The van der Waals surface area contributed by atoms with Gasteiger partial charge in [-0.05, 0) is 49.0 Å². The lowest BCUT2D eigenvalue weighted by Gasteiger charge is -2.07. The van der Waals surface area contributed by atoms with Gasteiger partial charge in [-0.25, -0.2) is 4.98 Å². The summed E-state index contributed by atoms with van der Waals surface area (Å²) in [6.45, 7) is 1.95. The maximum atomic E-state index is 12.1. The predicted molar refractivity (Wildman–Crippen MR) is 88.9 cm³/mol. The third-order valence-electron chi connectivity index (χ3n) is 3.03. The number of para-hydroxylation sites is 1. The number of nitrogens with zero attached hydrogens (tertiary/aromatic N) is 1. The highest BCUT2D eigenvalue weighted by molar-refractivity contribution is 7.80. The standard InChI is InChI=1S/C16H13N3O2S/c1-10-6-7-17-14(8-10)18-16(22)19-15(20)13-9-11-4-2-3-5-12(11)21-13/h2-9H,1H3,(H2,17,18,19,20,22). The fraction of sp³-hybridized carbons (Fsp3) is 0.0625. The average molecular weight is 311 g/mol. The molecule has 5 nitrogen and oxygen atoms in total. The van der Waals surface area contributed by atoms with Crippen molar-refractivity contribution < 1.29 is 9.21 Å². The minimum Gasteiger partial charge on any atom is -0.451 e. The molecule has 0 spiro atoms. The molecule has 22 heavy (non-hydrogen) atoms. The van der Waals surface area contributed by atoms with E-state index in [-0.39, 0.29) is 10.9 Å². The smallest absolute Gasteiger partial charge is 0.293 e. The summed E-state index contributed by atoms with van der Waals surface area (Å²) < 4.78 is 5.48. The van der Waals surface area contributed by atoms with E-state index < -0.39 is 5.91 Å². The number of hydrogen-bond donors (Lipinski definition) is 2. The molecule has 1 aromatic carbocycles. The number of aromatic nitrogens is 1. The van der Waals surface area contributed by atoms with E-state index in [2.05, 4.69) is 15.6 Å². The van der Waals surface area contributed by atoms with E-state index in [1.54, 1.807) is 18.3 Å². The van der Waals surface area contributed by atoms with Gasteiger partial charge in [0.25, 0.3) is 5.91 Å². The van der Waals surface area contributed by atoms with Crippen molar-refractivity contribution in [2.24, 2.45) is 0 Å². The molecule has 0 atom stereocenters. The third kappa shape index (κ3) is 3.12. The topological polar surface area (TPSA) is 67.2 Å². The van der Waals surface area contributed by atoms with Crippen LogP contribution in [0.2, 0.25) is 0 Å². The summed E-state index contributed by atoms with van der Waals surface area (Å²) in [5, 5.41) is 6.47. The van der Waals surface area contributed by atoms with Crippen LogP contribution in [0.25, 0.3) is 11.0 Å². The van der Waals surface area contributed by atoms with Crippen LogP contribution in [-0.4, -0.2) is 16.0 Å². The first-order chi connectivity index (χ1) is 10.6. The van der Waals surface area contributed by atoms with Gasteiger partial charge in [0.05, 0.1) is 0 Å². The molecule has 2 aromatic heterocycles. The minimum absolute atomic E-state index is 0.170. The maximum absolute atomic E-state index is 12.1. The molecule has 0 aliphatic carbocycles. The number of pyridine rings is 1. The Morgan fingerprint density at radius 3 is 2.82 bits per heavy atom. The molecule has 110 valence electrons. The van der Waals surface area contributed by atoms with E-state index in [9.17, 15) is 4.79 Å². The van der Waals surface area contributed by atoms with Crippen molar-refractivity contribution in [1.29, 1.82) is 0 Å². The zero-order chi connectivity index (χ0) is 15.5. The average Bonchev–Trinajstić information content (AvgIpc) is 2.91. The number of benzene rings is 1. The van der Waals surface area contributed by atoms with Crippen molar-refractivity contribution in [2.75, 3.05) is 5.32 Å². The van der Waals surface area contributed by atoms with E-state index in [0.717, 1.165) is 10.9 Å². The van der Waals surface area contributed by atoms with Crippen molar-refractivity contribution in [2.45, 2.75) is 6.92 Å². The van der Waals surface area contributed by atoms with Gasteiger partial charge in [-0.3, -0.25) is 10.1 Å². The Hall–Kier alpha value is -2.73. The van der Waals surface area contributed by atoms with Crippen molar-refractivity contribution in [1.82, 2.24) is 10.3 Å². The number of furan rings is 1. The monoisotopic (exact) mass is 311 g/mol. The van der Waals surface area contributed by atoms with Crippen molar-refractivity contribution in [3.8, 4) is 0 Å². The highest BCUT2D eigenvalue weighted by Crippen LogP contribution is 2.18. The largest absolute Gasteiger partial charge is 0.451 e. The van der Waals surface area contributed by atoms with Crippen LogP contribution in [0.3, 0.4) is 0 Å². The lowest BCUT2D eigenvalue weighted by atomic mass is 10.2. The first kappa shape index (κ1) is 14.2. The normalized spacial score (nSPS) is 10.4. The third-order valence-corrected chi connectivity index (χ3v) is 3.24. The molecular weight excluding hydrogens is 298 g/mol. The van der Waals surface area contributed by atoms with Crippen LogP contribution < -0.4 is 10.6 Å². The van der Waals surface area contributed by atoms with Gasteiger partial charge in [0.1, 0.15) is 11.4 Å². The molecule has 3 aromatic rings.